The average Bonchev–Trinajstić information content (AvgIpc) is 3.34. The summed E-state index contributed by atoms with van der Waals surface area (Å²) in [5.41, 5.74) is 2.37. The number of ether oxygens (including phenoxy) is 2. The van der Waals surface area contributed by atoms with Crippen molar-refractivity contribution in [2.45, 2.75) is 19.8 Å². The third kappa shape index (κ3) is 4.44. The number of methoxy groups -OCH3 is 1. The van der Waals surface area contributed by atoms with Crippen molar-refractivity contribution in [1.82, 2.24) is 14.9 Å². The molecule has 1 saturated heterocycles. The lowest BCUT2D eigenvalue weighted by atomic mass is 10.0. The lowest BCUT2D eigenvalue weighted by molar-refractivity contribution is 0.227. The molecule has 0 bridgehead atoms. The van der Waals surface area contributed by atoms with E-state index < -0.39 is 0 Å². The second-order valence-electron chi connectivity index (χ2n) is 9.32. The Bertz CT molecular complexity index is 1170. The van der Waals surface area contributed by atoms with Crippen molar-refractivity contribution < 1.29 is 9.47 Å². The number of fused-ring (bicyclic) bond motifs is 2. The van der Waals surface area contributed by atoms with Gasteiger partial charge in [-0.15, -0.1) is 0 Å². The molecule has 3 atom stereocenters. The van der Waals surface area contributed by atoms with E-state index in [0.29, 0.717) is 45.6 Å². The zero-order valence-electron chi connectivity index (χ0n) is 19.1. The van der Waals surface area contributed by atoms with Crippen LogP contribution in [0.4, 0.5) is 11.5 Å². The first kappa shape index (κ1) is 22.5. The van der Waals surface area contributed by atoms with Crippen molar-refractivity contribution in [3.63, 3.8) is 0 Å². The SMILES string of the molecule is COc1cc2c(Nc3ccc(C)c(Cl)c3Cl)ncnc2cc1OCC1C[C@@H]2CN(C)C[C@@H]2C1. The lowest BCUT2D eigenvalue weighted by Crippen LogP contribution is -2.18. The molecule has 1 aliphatic carbocycles. The molecule has 6 nitrogen and oxygen atoms in total. The van der Waals surface area contributed by atoms with E-state index in [0.717, 1.165) is 28.3 Å². The maximum atomic E-state index is 6.44. The fourth-order valence-corrected chi connectivity index (χ4v) is 5.73. The van der Waals surface area contributed by atoms with Crippen LogP contribution in [0.3, 0.4) is 0 Å². The number of benzene rings is 2. The van der Waals surface area contributed by atoms with Crippen LogP contribution in [0.25, 0.3) is 10.9 Å². The van der Waals surface area contributed by atoms with E-state index in [1.54, 1.807) is 7.11 Å². The predicted molar refractivity (Wildman–Crippen MR) is 133 cm³/mol. The number of aryl methyl sites for hydroxylation is 1. The van der Waals surface area contributed by atoms with Crippen LogP contribution in [-0.2, 0) is 0 Å². The first-order valence-electron chi connectivity index (χ1n) is 11.3. The molecule has 1 saturated carbocycles. The van der Waals surface area contributed by atoms with Crippen LogP contribution in [0.1, 0.15) is 18.4 Å². The van der Waals surface area contributed by atoms with Gasteiger partial charge in [0.25, 0.3) is 0 Å². The van der Waals surface area contributed by atoms with Gasteiger partial charge in [-0.2, -0.15) is 0 Å². The van der Waals surface area contributed by atoms with E-state index in [1.165, 1.54) is 32.3 Å². The second kappa shape index (κ2) is 9.16. The van der Waals surface area contributed by atoms with Gasteiger partial charge in [0.1, 0.15) is 12.1 Å². The van der Waals surface area contributed by atoms with Crippen LogP contribution >= 0.6 is 23.2 Å². The Labute approximate surface area is 204 Å². The lowest BCUT2D eigenvalue weighted by Gasteiger charge is -2.18. The minimum absolute atomic E-state index is 0.461. The van der Waals surface area contributed by atoms with Gasteiger partial charge in [-0.1, -0.05) is 29.3 Å². The minimum atomic E-state index is 0.461. The molecule has 0 amide bonds. The number of nitrogens with one attached hydrogen (secondary N) is 1. The number of rotatable bonds is 6. The summed E-state index contributed by atoms with van der Waals surface area (Å²) in [6.45, 7) is 5.04. The molecule has 2 aliphatic rings. The minimum Gasteiger partial charge on any atom is -0.493 e. The molecule has 5 rings (SSSR count). The molecular weight excluding hydrogens is 459 g/mol. The van der Waals surface area contributed by atoms with E-state index in [2.05, 4.69) is 27.2 Å². The molecule has 2 aromatic carbocycles. The van der Waals surface area contributed by atoms with Crippen molar-refractivity contribution in [2.24, 2.45) is 17.8 Å². The molecule has 0 spiro atoms. The molecule has 8 heteroatoms. The summed E-state index contributed by atoms with van der Waals surface area (Å²) in [4.78, 5) is 11.3. The fourth-order valence-electron chi connectivity index (χ4n) is 5.31. The van der Waals surface area contributed by atoms with Crippen molar-refractivity contribution >= 4 is 45.6 Å². The molecule has 2 fully saturated rings. The van der Waals surface area contributed by atoms with Gasteiger partial charge in [0.2, 0.25) is 0 Å². The van der Waals surface area contributed by atoms with Gasteiger partial charge >= 0.3 is 0 Å². The van der Waals surface area contributed by atoms with E-state index in [-0.39, 0.29) is 0 Å². The summed E-state index contributed by atoms with van der Waals surface area (Å²) in [5.74, 6) is 4.20. The molecule has 174 valence electrons. The maximum absolute atomic E-state index is 6.44. The van der Waals surface area contributed by atoms with E-state index >= 15 is 0 Å². The number of hydrogen-bond donors (Lipinski definition) is 1. The van der Waals surface area contributed by atoms with Gasteiger partial charge in [-0.25, -0.2) is 9.97 Å². The third-order valence-corrected chi connectivity index (χ3v) is 7.93. The quantitative estimate of drug-likeness (QED) is 0.463. The summed E-state index contributed by atoms with van der Waals surface area (Å²) in [5, 5.41) is 5.09. The van der Waals surface area contributed by atoms with Gasteiger partial charge < -0.3 is 19.7 Å². The van der Waals surface area contributed by atoms with Crippen LogP contribution in [0.2, 0.25) is 10.0 Å². The van der Waals surface area contributed by atoms with E-state index in [9.17, 15) is 0 Å². The number of aromatic nitrogens is 2. The Kier molecular flexibility index (Phi) is 6.25. The summed E-state index contributed by atoms with van der Waals surface area (Å²) in [6, 6.07) is 7.64. The number of hydrogen-bond acceptors (Lipinski definition) is 6. The van der Waals surface area contributed by atoms with Gasteiger partial charge in [-0.05, 0) is 62.3 Å². The highest BCUT2D eigenvalue weighted by molar-refractivity contribution is 6.44. The molecule has 1 aromatic heterocycles. The number of nitrogens with zero attached hydrogens (tertiary/aromatic N) is 3. The van der Waals surface area contributed by atoms with Crippen LogP contribution in [0, 0.1) is 24.7 Å². The molecule has 2 heterocycles. The Morgan fingerprint density at radius 1 is 1.06 bits per heavy atom. The number of halogens is 2. The number of anilines is 2. The highest BCUT2D eigenvalue weighted by Gasteiger charge is 2.39. The van der Waals surface area contributed by atoms with Crippen molar-refractivity contribution in [2.75, 3.05) is 39.2 Å². The van der Waals surface area contributed by atoms with E-state index in [1.807, 2.05) is 31.2 Å². The summed E-state index contributed by atoms with van der Waals surface area (Å²) in [6.07, 6.45) is 4.00. The largest absolute Gasteiger partial charge is 0.493 e. The fraction of sp³-hybridized carbons (Fsp3) is 0.440. The molecule has 3 aromatic rings. The van der Waals surface area contributed by atoms with Gasteiger partial charge in [0, 0.05) is 24.5 Å². The summed E-state index contributed by atoms with van der Waals surface area (Å²) >= 11 is 12.8. The van der Waals surface area contributed by atoms with Crippen molar-refractivity contribution in [3.05, 3.63) is 46.2 Å². The van der Waals surface area contributed by atoms with Crippen LogP contribution in [0.5, 0.6) is 11.5 Å². The molecular formula is C25H28Cl2N4O2. The monoisotopic (exact) mass is 486 g/mol. The van der Waals surface area contributed by atoms with E-state index in [4.69, 9.17) is 32.7 Å². The van der Waals surface area contributed by atoms with Gasteiger partial charge in [0.05, 0.1) is 35.0 Å². The first-order chi connectivity index (χ1) is 15.9. The molecule has 1 unspecified atom stereocenters. The van der Waals surface area contributed by atoms with Gasteiger partial charge in [-0.3, -0.25) is 0 Å². The standard InChI is InChI=1S/C25H28Cl2N4O2/c1-14-4-5-19(24(27)23(14)26)30-25-18-8-21(32-3)22(9-20(18)28-13-29-25)33-12-15-6-16-10-31(2)11-17(16)7-15/h4-5,8-9,13,15-17H,6-7,10-12H2,1-3H3,(H,28,29,30)/t15?,16-,17+. The maximum Gasteiger partial charge on any atom is 0.163 e. The molecule has 1 aliphatic heterocycles. The summed E-state index contributed by atoms with van der Waals surface area (Å²) in [7, 11) is 3.87. The van der Waals surface area contributed by atoms with Crippen molar-refractivity contribution in [3.8, 4) is 11.5 Å². The zero-order chi connectivity index (χ0) is 23.1. The van der Waals surface area contributed by atoms with Gasteiger partial charge in [0.15, 0.2) is 11.5 Å². The topological polar surface area (TPSA) is 59.5 Å². The normalized spacial score (nSPS) is 22.5. The number of likely N-dealkylation sites (tertiary alicyclic amines) is 1. The zero-order valence-corrected chi connectivity index (χ0v) is 20.6. The Morgan fingerprint density at radius 3 is 2.55 bits per heavy atom. The third-order valence-electron chi connectivity index (χ3n) is 6.95. The highest BCUT2D eigenvalue weighted by Crippen LogP contribution is 2.42. The Hall–Kier alpha value is -2.28. The van der Waals surface area contributed by atoms with Crippen LogP contribution in [-0.4, -0.2) is 48.7 Å². The average molecular weight is 487 g/mol. The molecule has 1 N–H and O–H groups in total. The van der Waals surface area contributed by atoms with Crippen LogP contribution < -0.4 is 14.8 Å². The first-order valence-corrected chi connectivity index (χ1v) is 12.0. The molecule has 33 heavy (non-hydrogen) atoms. The van der Waals surface area contributed by atoms with Crippen molar-refractivity contribution in [1.29, 1.82) is 0 Å². The predicted octanol–water partition coefficient (Wildman–Crippen LogP) is 5.96. The van der Waals surface area contributed by atoms with Crippen LogP contribution in [0.15, 0.2) is 30.6 Å². The summed E-state index contributed by atoms with van der Waals surface area (Å²) < 4.78 is 11.9. The molecule has 0 radical (unpaired) electrons. The smallest absolute Gasteiger partial charge is 0.163 e. The second-order valence-corrected chi connectivity index (χ2v) is 10.1. The Balaban J connectivity index is 1.37. The Morgan fingerprint density at radius 2 is 1.82 bits per heavy atom. The highest BCUT2D eigenvalue weighted by atomic mass is 35.5.